The fourth-order valence-electron chi connectivity index (χ4n) is 6.40. The average molecular weight is 633 g/mol. The van der Waals surface area contributed by atoms with Crippen LogP contribution in [0.3, 0.4) is 0 Å². The smallest absolute Gasteiger partial charge is 0.305 e. The van der Waals surface area contributed by atoms with E-state index in [2.05, 4.69) is 32.9 Å². The van der Waals surface area contributed by atoms with Gasteiger partial charge in [0.15, 0.2) is 0 Å². The van der Waals surface area contributed by atoms with E-state index >= 15 is 0 Å². The van der Waals surface area contributed by atoms with Gasteiger partial charge in [-0.3, -0.25) is 4.79 Å². The van der Waals surface area contributed by atoms with Gasteiger partial charge in [-0.15, -0.1) is 0 Å². The number of rotatable bonds is 38. The highest BCUT2D eigenvalue weighted by molar-refractivity contribution is 5.69. The Hall–Kier alpha value is -0.790. The molecule has 0 aromatic rings. The van der Waals surface area contributed by atoms with Gasteiger partial charge in [0.1, 0.15) is 0 Å². The van der Waals surface area contributed by atoms with Gasteiger partial charge in [0, 0.05) is 6.42 Å². The van der Waals surface area contributed by atoms with Crippen molar-refractivity contribution in [3.05, 3.63) is 12.2 Å². The lowest BCUT2D eigenvalue weighted by molar-refractivity contribution is -0.143. The van der Waals surface area contributed by atoms with Crippen LogP contribution in [0.15, 0.2) is 12.2 Å². The largest absolute Gasteiger partial charge is 0.466 e. The van der Waals surface area contributed by atoms with Crippen LogP contribution in [0.25, 0.3) is 0 Å². The van der Waals surface area contributed by atoms with E-state index in [1.54, 1.807) is 0 Å². The lowest BCUT2D eigenvalue weighted by Gasteiger charge is -2.07. The van der Waals surface area contributed by atoms with E-state index in [9.17, 15) is 4.79 Å². The molecule has 0 fully saturated rings. The summed E-state index contributed by atoms with van der Waals surface area (Å²) in [5.74, 6) is 0.952. The highest BCUT2D eigenvalue weighted by atomic mass is 16.5. The van der Waals surface area contributed by atoms with Gasteiger partial charge in [-0.25, -0.2) is 0 Å². The molecule has 0 radical (unpaired) electrons. The quantitative estimate of drug-likeness (QED) is 0.0384. The van der Waals surface area contributed by atoms with Crippen molar-refractivity contribution in [2.45, 2.75) is 245 Å². The molecule has 0 amide bonds. The third kappa shape index (κ3) is 39.3. The van der Waals surface area contributed by atoms with E-state index in [0.717, 1.165) is 25.2 Å². The van der Waals surface area contributed by atoms with E-state index in [1.807, 2.05) is 0 Å². The number of carbonyl (C=O) groups is 1. The number of hydrogen-bond donors (Lipinski definition) is 0. The third-order valence-electron chi connectivity index (χ3n) is 9.94. The molecule has 0 N–H and O–H groups in total. The van der Waals surface area contributed by atoms with Gasteiger partial charge >= 0.3 is 5.97 Å². The number of ether oxygens (including phenoxy) is 1. The van der Waals surface area contributed by atoms with E-state index in [0.29, 0.717) is 13.0 Å². The van der Waals surface area contributed by atoms with Crippen molar-refractivity contribution in [2.75, 3.05) is 6.61 Å². The number of carbonyl (C=O) groups excluding carboxylic acids is 1. The number of hydrogen-bond acceptors (Lipinski definition) is 2. The molecular weight excluding hydrogens is 548 g/mol. The van der Waals surface area contributed by atoms with Crippen LogP contribution in [0, 0.1) is 5.92 Å². The van der Waals surface area contributed by atoms with Gasteiger partial charge in [-0.1, -0.05) is 213 Å². The second-order valence-electron chi connectivity index (χ2n) is 14.6. The molecule has 0 aromatic carbocycles. The van der Waals surface area contributed by atoms with Crippen molar-refractivity contribution >= 4 is 5.97 Å². The topological polar surface area (TPSA) is 26.3 Å². The SMILES string of the molecule is CCCCCCCC/C=C\CCCCCCCC(=O)OCCCCCCCCCCCCCCCCCCCCCC(C)CC. The molecule has 0 spiro atoms. The van der Waals surface area contributed by atoms with E-state index < -0.39 is 0 Å². The molecular formula is C43H84O2. The van der Waals surface area contributed by atoms with E-state index in [1.165, 1.54) is 199 Å². The summed E-state index contributed by atoms with van der Waals surface area (Å²) in [7, 11) is 0. The highest BCUT2D eigenvalue weighted by Gasteiger charge is 2.03. The summed E-state index contributed by atoms with van der Waals surface area (Å²) in [6, 6.07) is 0. The molecule has 1 unspecified atom stereocenters. The van der Waals surface area contributed by atoms with E-state index in [4.69, 9.17) is 4.74 Å². The molecule has 0 heterocycles. The molecule has 0 saturated heterocycles. The Bertz CT molecular complexity index is 582. The minimum absolute atomic E-state index is 0.0193. The molecule has 0 aliphatic heterocycles. The average Bonchev–Trinajstić information content (AvgIpc) is 3.05. The molecule has 2 heteroatoms. The van der Waals surface area contributed by atoms with Gasteiger partial charge in [-0.05, 0) is 44.4 Å². The Labute approximate surface area is 285 Å². The zero-order valence-electron chi connectivity index (χ0n) is 31.5. The fourth-order valence-corrected chi connectivity index (χ4v) is 6.40. The molecule has 0 saturated carbocycles. The van der Waals surface area contributed by atoms with Crippen LogP contribution in [0.1, 0.15) is 245 Å². The van der Waals surface area contributed by atoms with Crippen molar-refractivity contribution in [2.24, 2.45) is 5.92 Å². The van der Waals surface area contributed by atoms with Crippen molar-refractivity contribution in [3.8, 4) is 0 Å². The molecule has 0 rings (SSSR count). The second-order valence-corrected chi connectivity index (χ2v) is 14.6. The molecule has 45 heavy (non-hydrogen) atoms. The number of unbranched alkanes of at least 4 members (excludes halogenated alkanes) is 29. The summed E-state index contributed by atoms with van der Waals surface area (Å²) >= 11 is 0. The van der Waals surface area contributed by atoms with Crippen molar-refractivity contribution in [1.29, 1.82) is 0 Å². The van der Waals surface area contributed by atoms with Gasteiger partial charge in [0.25, 0.3) is 0 Å². The van der Waals surface area contributed by atoms with Gasteiger partial charge in [0.05, 0.1) is 6.61 Å². The van der Waals surface area contributed by atoms with Gasteiger partial charge < -0.3 is 4.74 Å². The monoisotopic (exact) mass is 633 g/mol. The Morgan fingerprint density at radius 2 is 0.822 bits per heavy atom. The minimum Gasteiger partial charge on any atom is -0.466 e. The maximum atomic E-state index is 12.0. The Morgan fingerprint density at radius 3 is 1.24 bits per heavy atom. The first-order valence-corrected chi connectivity index (χ1v) is 21.0. The third-order valence-corrected chi connectivity index (χ3v) is 9.94. The van der Waals surface area contributed by atoms with Crippen molar-refractivity contribution in [3.63, 3.8) is 0 Å². The molecule has 268 valence electrons. The summed E-state index contributed by atoms with van der Waals surface area (Å²) in [6.45, 7) is 7.62. The lowest BCUT2D eigenvalue weighted by atomic mass is 9.99. The van der Waals surface area contributed by atoms with Crippen LogP contribution in [0.4, 0.5) is 0 Å². The number of esters is 1. The Morgan fingerprint density at radius 1 is 0.467 bits per heavy atom. The standard InChI is InChI=1S/C43H84O2/c1-4-6-7-8-9-10-11-12-18-22-25-28-31-34-37-40-43(44)45-41-38-35-32-29-26-23-20-17-15-13-14-16-19-21-24-27-30-33-36-39-42(3)5-2/h12,18,42H,4-11,13-17,19-41H2,1-3H3/b18-12-. The summed E-state index contributed by atoms with van der Waals surface area (Å²) in [6.07, 6.45) is 51.5. The zero-order chi connectivity index (χ0) is 32.7. The molecule has 0 bridgehead atoms. The van der Waals surface area contributed by atoms with Crippen LogP contribution >= 0.6 is 0 Å². The van der Waals surface area contributed by atoms with Crippen molar-refractivity contribution < 1.29 is 9.53 Å². The summed E-state index contributed by atoms with van der Waals surface area (Å²) in [5, 5.41) is 0. The molecule has 2 nitrogen and oxygen atoms in total. The van der Waals surface area contributed by atoms with E-state index in [-0.39, 0.29) is 5.97 Å². The first kappa shape index (κ1) is 44.2. The van der Waals surface area contributed by atoms with Gasteiger partial charge in [0.2, 0.25) is 0 Å². The van der Waals surface area contributed by atoms with Crippen LogP contribution in [0.2, 0.25) is 0 Å². The summed E-state index contributed by atoms with van der Waals surface area (Å²) < 4.78 is 5.46. The predicted octanol–water partition coefficient (Wildman–Crippen LogP) is 15.4. The first-order valence-electron chi connectivity index (χ1n) is 21.0. The van der Waals surface area contributed by atoms with Crippen LogP contribution < -0.4 is 0 Å². The molecule has 1 atom stereocenters. The fraction of sp³-hybridized carbons (Fsp3) is 0.930. The van der Waals surface area contributed by atoms with Gasteiger partial charge in [-0.2, -0.15) is 0 Å². The van der Waals surface area contributed by atoms with Crippen LogP contribution in [0.5, 0.6) is 0 Å². The minimum atomic E-state index is 0.0193. The maximum Gasteiger partial charge on any atom is 0.305 e. The molecule has 0 aliphatic rings. The summed E-state index contributed by atoms with van der Waals surface area (Å²) in [4.78, 5) is 12.0. The van der Waals surface area contributed by atoms with Crippen LogP contribution in [-0.4, -0.2) is 12.6 Å². The molecule has 0 aliphatic carbocycles. The highest BCUT2D eigenvalue weighted by Crippen LogP contribution is 2.17. The zero-order valence-corrected chi connectivity index (χ0v) is 31.5. The predicted molar refractivity (Wildman–Crippen MR) is 202 cm³/mol. The maximum absolute atomic E-state index is 12.0. The normalized spacial score (nSPS) is 12.3. The number of allylic oxidation sites excluding steroid dienone is 2. The Balaban J connectivity index is 3.18. The van der Waals surface area contributed by atoms with Crippen molar-refractivity contribution in [1.82, 2.24) is 0 Å². The van der Waals surface area contributed by atoms with Crippen LogP contribution in [-0.2, 0) is 9.53 Å². The Kier molecular flexibility index (Phi) is 38.7. The second kappa shape index (κ2) is 39.4. The summed E-state index contributed by atoms with van der Waals surface area (Å²) in [5.41, 5.74) is 0. The molecule has 0 aromatic heterocycles. The lowest BCUT2D eigenvalue weighted by Crippen LogP contribution is -2.05. The first-order chi connectivity index (χ1) is 22.2.